The first-order valence-electron chi connectivity index (χ1n) is 11.3. The highest BCUT2D eigenvalue weighted by atomic mass is 16.5. The molecule has 0 saturated carbocycles. The molecule has 0 bridgehead atoms. The predicted octanol–water partition coefficient (Wildman–Crippen LogP) is 2.70. The van der Waals surface area contributed by atoms with Crippen molar-refractivity contribution < 1.29 is 23.7 Å². The molecular formula is C25H32N4O5. The third-order valence-electron chi connectivity index (χ3n) is 6.67. The molecule has 4 rings (SSSR count). The van der Waals surface area contributed by atoms with Crippen LogP contribution in [0.15, 0.2) is 34.8 Å². The van der Waals surface area contributed by atoms with Crippen molar-refractivity contribution in [2.45, 2.75) is 32.6 Å². The smallest absolute Gasteiger partial charge is 0.164 e. The fraction of sp³-hybridized carbons (Fsp3) is 0.520. The van der Waals surface area contributed by atoms with Crippen LogP contribution in [-0.4, -0.2) is 63.4 Å². The number of hydrogen-bond acceptors (Lipinski definition) is 9. The molecule has 3 aliphatic rings. The molecule has 2 N–H and O–H groups in total. The van der Waals surface area contributed by atoms with Gasteiger partial charge in [-0.25, -0.2) is 5.01 Å². The summed E-state index contributed by atoms with van der Waals surface area (Å²) in [4.78, 5) is 13.7. The summed E-state index contributed by atoms with van der Waals surface area (Å²) >= 11 is 0. The average molecular weight is 469 g/mol. The number of hydrazine groups is 1. The van der Waals surface area contributed by atoms with E-state index in [-0.39, 0.29) is 11.2 Å². The Morgan fingerprint density at radius 2 is 1.68 bits per heavy atom. The number of benzene rings is 1. The third-order valence-corrected chi connectivity index (χ3v) is 6.67. The zero-order valence-electron chi connectivity index (χ0n) is 20.4. The van der Waals surface area contributed by atoms with Crippen molar-refractivity contribution in [3.05, 3.63) is 40.4 Å². The minimum atomic E-state index is -0.671. The summed E-state index contributed by atoms with van der Waals surface area (Å²) in [6.45, 7) is 6.51. The van der Waals surface area contributed by atoms with Crippen LogP contribution in [0.5, 0.6) is 17.2 Å². The van der Waals surface area contributed by atoms with E-state index in [1.807, 2.05) is 5.01 Å². The molecule has 0 spiro atoms. The van der Waals surface area contributed by atoms with Crippen LogP contribution in [0.2, 0.25) is 0 Å². The number of ether oxygens (including phenoxy) is 4. The summed E-state index contributed by atoms with van der Waals surface area (Å²) in [7, 11) is 4.64. The monoisotopic (exact) mass is 468 g/mol. The topological polar surface area (TPSA) is 110 Å². The Labute approximate surface area is 200 Å². The molecule has 1 aromatic rings. The number of allylic oxidation sites excluding steroid dienone is 3. The number of carbonyl (C=O) groups is 1. The molecular weight excluding hydrogens is 436 g/mol. The summed E-state index contributed by atoms with van der Waals surface area (Å²) in [5.74, 6) is 1.13. The Balaban J connectivity index is 1.98. The van der Waals surface area contributed by atoms with E-state index >= 15 is 0 Å². The number of ketones is 1. The minimum Gasteiger partial charge on any atom is -0.496 e. The number of nitriles is 1. The van der Waals surface area contributed by atoms with Crippen LogP contribution < -0.4 is 19.9 Å². The molecule has 2 heterocycles. The van der Waals surface area contributed by atoms with Crippen LogP contribution in [0.3, 0.4) is 0 Å². The Bertz CT molecular complexity index is 1100. The fourth-order valence-electron chi connectivity index (χ4n) is 5.16. The predicted molar refractivity (Wildman–Crippen MR) is 125 cm³/mol. The Hall–Kier alpha value is -3.22. The van der Waals surface area contributed by atoms with Gasteiger partial charge in [-0.3, -0.25) is 9.80 Å². The second-order valence-electron chi connectivity index (χ2n) is 9.47. The zero-order chi connectivity index (χ0) is 24.6. The molecule has 1 aromatic carbocycles. The number of hydrogen-bond donors (Lipinski definition) is 1. The lowest BCUT2D eigenvalue weighted by Crippen LogP contribution is -2.53. The standard InChI is InChI=1S/C25H32N4O5/c1-25(2)12-17-23(18(30)13-25)22(15-10-20(32-4)21(33-5)11-19(15)31-3)16(14-26)24(27)29(17)28-6-8-34-9-7-28/h10-11,22H,6-9,12-13,27H2,1-5H3. The van der Waals surface area contributed by atoms with Crippen molar-refractivity contribution in [3.8, 4) is 23.3 Å². The van der Waals surface area contributed by atoms with Gasteiger partial charge in [-0.1, -0.05) is 13.8 Å². The highest BCUT2D eigenvalue weighted by Gasteiger charge is 2.46. The maximum atomic E-state index is 13.7. The molecule has 0 aromatic heterocycles. The fourth-order valence-corrected chi connectivity index (χ4v) is 5.16. The van der Waals surface area contributed by atoms with Crippen LogP contribution in [-0.2, 0) is 9.53 Å². The normalized spacial score (nSPS) is 22.9. The molecule has 1 unspecified atom stereocenters. The molecule has 9 heteroatoms. The van der Waals surface area contributed by atoms with Gasteiger partial charge in [0.2, 0.25) is 0 Å². The van der Waals surface area contributed by atoms with E-state index in [2.05, 4.69) is 24.9 Å². The zero-order valence-corrected chi connectivity index (χ0v) is 20.4. The van der Waals surface area contributed by atoms with E-state index in [4.69, 9.17) is 24.7 Å². The maximum Gasteiger partial charge on any atom is 0.164 e. The van der Waals surface area contributed by atoms with E-state index in [9.17, 15) is 10.1 Å². The number of nitrogens with two attached hydrogens (primary N) is 1. The van der Waals surface area contributed by atoms with E-state index in [1.54, 1.807) is 33.5 Å². The number of methoxy groups -OCH3 is 3. The maximum absolute atomic E-state index is 13.7. The SMILES string of the molecule is COc1cc(OC)c(C2C(C#N)=C(N)N(N3CCOCC3)C3=C2C(=O)CC(C)(C)C3)cc1OC. The molecule has 1 fully saturated rings. The van der Waals surface area contributed by atoms with Crippen LogP contribution in [0, 0.1) is 16.7 Å². The van der Waals surface area contributed by atoms with Gasteiger partial charge in [0.25, 0.3) is 0 Å². The van der Waals surface area contributed by atoms with Gasteiger partial charge in [-0.15, -0.1) is 0 Å². The van der Waals surface area contributed by atoms with Gasteiger partial charge < -0.3 is 24.7 Å². The molecule has 2 aliphatic heterocycles. The summed E-state index contributed by atoms with van der Waals surface area (Å²) in [6, 6.07) is 5.79. The first kappa shape index (κ1) is 23.9. The van der Waals surface area contributed by atoms with Crippen molar-refractivity contribution in [3.63, 3.8) is 0 Å². The number of Topliss-reactive ketones (excluding diaryl/α,β-unsaturated/α-hetero) is 1. The largest absolute Gasteiger partial charge is 0.496 e. The van der Waals surface area contributed by atoms with Gasteiger partial charge in [0, 0.05) is 42.4 Å². The second-order valence-corrected chi connectivity index (χ2v) is 9.47. The van der Waals surface area contributed by atoms with E-state index in [0.717, 1.165) is 5.70 Å². The van der Waals surface area contributed by atoms with Gasteiger partial charge in [0.15, 0.2) is 17.3 Å². The van der Waals surface area contributed by atoms with Crippen molar-refractivity contribution in [1.82, 2.24) is 10.0 Å². The van der Waals surface area contributed by atoms with E-state index in [0.29, 0.717) is 78.9 Å². The van der Waals surface area contributed by atoms with Crippen molar-refractivity contribution >= 4 is 5.78 Å². The van der Waals surface area contributed by atoms with E-state index < -0.39 is 5.92 Å². The number of morpholine rings is 1. The van der Waals surface area contributed by atoms with Crippen molar-refractivity contribution in [1.29, 1.82) is 5.26 Å². The number of rotatable bonds is 5. The molecule has 0 radical (unpaired) electrons. The second kappa shape index (κ2) is 9.20. The molecule has 182 valence electrons. The third kappa shape index (κ3) is 3.97. The lowest BCUT2D eigenvalue weighted by molar-refractivity contribution is -0.119. The Morgan fingerprint density at radius 3 is 2.26 bits per heavy atom. The quantitative estimate of drug-likeness (QED) is 0.697. The van der Waals surface area contributed by atoms with Gasteiger partial charge in [0.1, 0.15) is 11.6 Å². The molecule has 1 atom stereocenters. The van der Waals surface area contributed by atoms with Crippen LogP contribution in [0.25, 0.3) is 0 Å². The van der Waals surface area contributed by atoms with Gasteiger partial charge in [0.05, 0.1) is 52.1 Å². The van der Waals surface area contributed by atoms with Gasteiger partial charge >= 0.3 is 0 Å². The average Bonchev–Trinajstić information content (AvgIpc) is 2.82. The Kier molecular flexibility index (Phi) is 6.47. The molecule has 34 heavy (non-hydrogen) atoms. The van der Waals surface area contributed by atoms with Crippen LogP contribution in [0.1, 0.15) is 38.2 Å². The molecule has 1 saturated heterocycles. The summed E-state index contributed by atoms with van der Waals surface area (Å²) in [6.07, 6.45) is 1.03. The first-order valence-corrected chi connectivity index (χ1v) is 11.3. The summed E-state index contributed by atoms with van der Waals surface area (Å²) < 4.78 is 22.2. The molecule has 0 amide bonds. The van der Waals surface area contributed by atoms with Gasteiger partial charge in [-0.2, -0.15) is 5.26 Å². The summed E-state index contributed by atoms with van der Waals surface area (Å²) in [5.41, 5.74) is 8.84. The summed E-state index contributed by atoms with van der Waals surface area (Å²) in [5, 5.41) is 14.3. The highest BCUT2D eigenvalue weighted by Crippen LogP contribution is 2.52. The lowest BCUT2D eigenvalue weighted by atomic mass is 9.68. The first-order chi connectivity index (χ1) is 16.3. The number of nitrogens with zero attached hydrogens (tertiary/aromatic N) is 3. The van der Waals surface area contributed by atoms with Gasteiger partial charge in [-0.05, 0) is 17.9 Å². The van der Waals surface area contributed by atoms with Crippen molar-refractivity contribution in [2.24, 2.45) is 11.1 Å². The Morgan fingerprint density at radius 1 is 1.06 bits per heavy atom. The number of carbonyl (C=O) groups excluding carboxylic acids is 1. The van der Waals surface area contributed by atoms with Crippen LogP contribution >= 0.6 is 0 Å². The lowest BCUT2D eigenvalue weighted by Gasteiger charge is -2.48. The van der Waals surface area contributed by atoms with Crippen molar-refractivity contribution in [2.75, 3.05) is 47.6 Å². The molecule has 1 aliphatic carbocycles. The van der Waals surface area contributed by atoms with E-state index in [1.165, 1.54) is 0 Å². The van der Waals surface area contributed by atoms with Crippen LogP contribution in [0.4, 0.5) is 0 Å². The highest BCUT2D eigenvalue weighted by molar-refractivity contribution is 6.00. The molecule has 9 nitrogen and oxygen atoms in total. The minimum absolute atomic E-state index is 0.00611.